The predicted molar refractivity (Wildman–Crippen MR) is 89.9 cm³/mol. The highest BCUT2D eigenvalue weighted by Gasteiger charge is 2.26. The summed E-state index contributed by atoms with van der Waals surface area (Å²) in [6.07, 6.45) is 0.139. The molecule has 1 saturated heterocycles. The number of carbonyl (C=O) groups excluding carboxylic acids is 1. The molecule has 0 radical (unpaired) electrons. The van der Waals surface area contributed by atoms with Gasteiger partial charge in [0.2, 0.25) is 0 Å². The highest BCUT2D eigenvalue weighted by atomic mass is 16.5. The number of ether oxygens (including phenoxy) is 1. The van der Waals surface area contributed by atoms with Gasteiger partial charge in [0.15, 0.2) is 5.78 Å². The Morgan fingerprint density at radius 2 is 1.68 bits per heavy atom. The van der Waals surface area contributed by atoms with Crippen molar-refractivity contribution in [3.63, 3.8) is 0 Å². The number of benzene rings is 1. The van der Waals surface area contributed by atoms with Crippen molar-refractivity contribution in [2.24, 2.45) is 0 Å². The Labute approximate surface area is 133 Å². The Hall–Kier alpha value is -1.39. The van der Waals surface area contributed by atoms with E-state index >= 15 is 0 Å². The highest BCUT2D eigenvalue weighted by Crippen LogP contribution is 2.25. The average molecular weight is 304 g/mol. The number of piperazine rings is 1. The topological polar surface area (TPSA) is 41.6 Å². The molecule has 22 heavy (non-hydrogen) atoms. The number of hydrogen-bond acceptors (Lipinski definition) is 4. The van der Waals surface area contributed by atoms with Crippen LogP contribution in [-0.4, -0.2) is 49.0 Å². The molecule has 1 aromatic rings. The molecule has 1 fully saturated rings. The fourth-order valence-electron chi connectivity index (χ4n) is 3.10. The van der Waals surface area contributed by atoms with E-state index in [9.17, 15) is 4.79 Å². The molecule has 1 heterocycles. The van der Waals surface area contributed by atoms with E-state index in [0.717, 1.165) is 48.6 Å². The predicted octanol–water partition coefficient (Wildman–Crippen LogP) is 2.57. The van der Waals surface area contributed by atoms with Crippen molar-refractivity contribution in [2.45, 2.75) is 46.8 Å². The van der Waals surface area contributed by atoms with Crippen LogP contribution >= 0.6 is 0 Å². The number of rotatable bonds is 5. The summed E-state index contributed by atoms with van der Waals surface area (Å²) < 4.78 is 5.76. The summed E-state index contributed by atoms with van der Waals surface area (Å²) in [6.45, 7) is 13.8. The van der Waals surface area contributed by atoms with Crippen LogP contribution in [0.1, 0.15) is 42.3 Å². The minimum atomic E-state index is -0.0728. The number of carbonyl (C=O) groups is 1. The Balaban J connectivity index is 2.21. The maximum absolute atomic E-state index is 12.9. The normalized spacial score (nSPS) is 17.5. The second kappa shape index (κ2) is 7.25. The summed E-state index contributed by atoms with van der Waals surface area (Å²) in [5, 5.41) is 3.33. The molecule has 2 rings (SSSR count). The van der Waals surface area contributed by atoms with Crippen LogP contribution in [0.3, 0.4) is 0 Å². The lowest BCUT2D eigenvalue weighted by atomic mass is 9.94. The van der Waals surface area contributed by atoms with Gasteiger partial charge >= 0.3 is 0 Å². The smallest absolute Gasteiger partial charge is 0.180 e. The fourth-order valence-corrected chi connectivity index (χ4v) is 3.10. The molecule has 1 aliphatic heterocycles. The van der Waals surface area contributed by atoms with E-state index in [4.69, 9.17) is 4.74 Å². The van der Waals surface area contributed by atoms with Crippen LogP contribution in [0.15, 0.2) is 12.1 Å². The van der Waals surface area contributed by atoms with Gasteiger partial charge in [-0.25, -0.2) is 0 Å². The van der Waals surface area contributed by atoms with E-state index < -0.39 is 0 Å². The van der Waals surface area contributed by atoms with Crippen LogP contribution in [0.5, 0.6) is 5.75 Å². The first kappa shape index (κ1) is 17.0. The average Bonchev–Trinajstić information content (AvgIpc) is 2.45. The zero-order valence-corrected chi connectivity index (χ0v) is 14.4. The van der Waals surface area contributed by atoms with Crippen LogP contribution in [0.25, 0.3) is 0 Å². The van der Waals surface area contributed by atoms with Gasteiger partial charge in [0.05, 0.1) is 12.1 Å². The Morgan fingerprint density at radius 3 is 2.18 bits per heavy atom. The molecule has 0 saturated carbocycles. The lowest BCUT2D eigenvalue weighted by molar-refractivity contribution is 0.0819. The molecule has 0 aromatic heterocycles. The number of nitrogens with one attached hydrogen (secondary N) is 1. The molecule has 4 heteroatoms. The number of ketones is 1. The third-order valence-electron chi connectivity index (χ3n) is 4.20. The molecular formula is C18H28N2O2. The Bertz CT molecular complexity index is 511. The summed E-state index contributed by atoms with van der Waals surface area (Å²) in [6, 6.07) is 3.88. The monoisotopic (exact) mass is 304 g/mol. The van der Waals surface area contributed by atoms with Crippen LogP contribution in [0, 0.1) is 13.8 Å². The molecule has 122 valence electrons. The molecule has 4 nitrogen and oxygen atoms in total. The van der Waals surface area contributed by atoms with Gasteiger partial charge in [-0.3, -0.25) is 9.69 Å². The molecule has 1 aromatic carbocycles. The second-order valence-corrected chi connectivity index (χ2v) is 6.42. The number of nitrogens with zero attached hydrogens (tertiary/aromatic N) is 1. The van der Waals surface area contributed by atoms with Crippen LogP contribution in [-0.2, 0) is 0 Å². The lowest BCUT2D eigenvalue weighted by Gasteiger charge is -2.32. The van der Waals surface area contributed by atoms with E-state index in [1.165, 1.54) is 0 Å². The molecule has 1 unspecified atom stereocenters. The first-order valence-electron chi connectivity index (χ1n) is 8.17. The minimum absolute atomic E-state index is 0.0728. The molecular weight excluding hydrogens is 276 g/mol. The van der Waals surface area contributed by atoms with Crippen molar-refractivity contribution in [2.75, 3.05) is 26.2 Å². The largest absolute Gasteiger partial charge is 0.491 e. The minimum Gasteiger partial charge on any atom is -0.491 e. The summed E-state index contributed by atoms with van der Waals surface area (Å²) in [4.78, 5) is 15.2. The highest BCUT2D eigenvalue weighted by molar-refractivity contribution is 6.02. The molecule has 0 amide bonds. The Kier molecular flexibility index (Phi) is 5.59. The third kappa shape index (κ3) is 3.87. The van der Waals surface area contributed by atoms with Crippen molar-refractivity contribution in [3.05, 3.63) is 28.8 Å². The van der Waals surface area contributed by atoms with E-state index in [1.54, 1.807) is 0 Å². The molecule has 0 spiro atoms. The van der Waals surface area contributed by atoms with Crippen LogP contribution in [0.2, 0.25) is 0 Å². The molecule has 0 bridgehead atoms. The van der Waals surface area contributed by atoms with Gasteiger partial charge in [-0.15, -0.1) is 0 Å². The van der Waals surface area contributed by atoms with Gasteiger partial charge in [-0.2, -0.15) is 0 Å². The van der Waals surface area contributed by atoms with Gasteiger partial charge in [0.1, 0.15) is 5.75 Å². The number of aryl methyl sites for hydroxylation is 2. The quantitative estimate of drug-likeness (QED) is 0.849. The first-order valence-corrected chi connectivity index (χ1v) is 8.17. The van der Waals surface area contributed by atoms with E-state index in [1.807, 2.05) is 46.8 Å². The van der Waals surface area contributed by atoms with Crippen molar-refractivity contribution in [1.29, 1.82) is 0 Å². The summed E-state index contributed by atoms with van der Waals surface area (Å²) in [5.74, 6) is 1.06. The first-order chi connectivity index (χ1) is 10.4. The fraction of sp³-hybridized carbons (Fsp3) is 0.611. The van der Waals surface area contributed by atoms with Gasteiger partial charge in [0, 0.05) is 31.7 Å². The van der Waals surface area contributed by atoms with E-state index in [0.29, 0.717) is 0 Å². The van der Waals surface area contributed by atoms with Gasteiger partial charge in [-0.1, -0.05) is 0 Å². The summed E-state index contributed by atoms with van der Waals surface area (Å²) in [5.41, 5.74) is 2.85. The molecule has 1 N–H and O–H groups in total. The Morgan fingerprint density at radius 1 is 1.14 bits per heavy atom. The van der Waals surface area contributed by atoms with Gasteiger partial charge in [-0.05, 0) is 57.9 Å². The van der Waals surface area contributed by atoms with Crippen LogP contribution in [0.4, 0.5) is 0 Å². The zero-order valence-electron chi connectivity index (χ0n) is 14.4. The maximum atomic E-state index is 12.9. The summed E-state index contributed by atoms with van der Waals surface area (Å²) >= 11 is 0. The number of hydrogen-bond donors (Lipinski definition) is 1. The van der Waals surface area contributed by atoms with E-state index in [2.05, 4.69) is 10.2 Å². The van der Waals surface area contributed by atoms with E-state index in [-0.39, 0.29) is 17.9 Å². The SMILES string of the molecule is Cc1cc(OC(C)C)cc(C)c1C(=O)C(C)N1CCNCC1. The van der Waals surface area contributed by atoms with Gasteiger partial charge in [0.25, 0.3) is 0 Å². The van der Waals surface area contributed by atoms with Gasteiger partial charge < -0.3 is 10.1 Å². The van der Waals surface area contributed by atoms with Crippen molar-refractivity contribution in [3.8, 4) is 5.75 Å². The third-order valence-corrected chi connectivity index (χ3v) is 4.20. The zero-order chi connectivity index (χ0) is 16.3. The molecule has 1 atom stereocenters. The number of Topliss-reactive ketones (excluding diaryl/α,β-unsaturated/α-hetero) is 1. The second-order valence-electron chi connectivity index (χ2n) is 6.42. The lowest BCUT2D eigenvalue weighted by Crippen LogP contribution is -2.50. The van der Waals surface area contributed by atoms with Crippen LogP contribution < -0.4 is 10.1 Å². The molecule has 1 aliphatic rings. The molecule has 0 aliphatic carbocycles. The van der Waals surface area contributed by atoms with Crippen molar-refractivity contribution >= 4 is 5.78 Å². The maximum Gasteiger partial charge on any atom is 0.180 e. The van der Waals surface area contributed by atoms with Crippen molar-refractivity contribution in [1.82, 2.24) is 10.2 Å². The van der Waals surface area contributed by atoms with Crippen molar-refractivity contribution < 1.29 is 9.53 Å². The standard InChI is InChI=1S/C18H28N2O2/c1-12(2)22-16-10-13(3)17(14(4)11-16)18(21)15(5)20-8-6-19-7-9-20/h10-12,15,19H,6-9H2,1-5H3. The summed E-state index contributed by atoms with van der Waals surface area (Å²) in [7, 11) is 0.